The van der Waals surface area contributed by atoms with Crippen LogP contribution in [0.15, 0.2) is 29.1 Å². The molecule has 0 radical (unpaired) electrons. The van der Waals surface area contributed by atoms with Crippen molar-refractivity contribution in [1.82, 2.24) is 9.97 Å². The van der Waals surface area contributed by atoms with E-state index in [4.69, 9.17) is 9.47 Å². The molecule has 0 spiro atoms. The van der Waals surface area contributed by atoms with Gasteiger partial charge in [0.05, 0.1) is 14.2 Å². The predicted octanol–water partition coefficient (Wildman–Crippen LogP) is 2.65. The van der Waals surface area contributed by atoms with Gasteiger partial charge in [0.15, 0.2) is 11.5 Å². The second-order valence-corrected chi connectivity index (χ2v) is 5.25. The molecule has 0 aliphatic carbocycles. The Balaban J connectivity index is 2.46. The lowest BCUT2D eigenvalue weighted by Gasteiger charge is -2.10. The predicted molar refractivity (Wildman–Crippen MR) is 81.9 cm³/mol. The van der Waals surface area contributed by atoms with Crippen LogP contribution in [0.4, 0.5) is 0 Å². The Kier molecular flexibility index (Phi) is 4.62. The Morgan fingerprint density at radius 3 is 2.48 bits per heavy atom. The van der Waals surface area contributed by atoms with E-state index in [1.807, 2.05) is 6.07 Å². The van der Waals surface area contributed by atoms with Gasteiger partial charge in [-0.2, -0.15) is 0 Å². The van der Waals surface area contributed by atoms with Gasteiger partial charge in [0.1, 0.15) is 5.82 Å². The van der Waals surface area contributed by atoms with Crippen molar-refractivity contribution in [2.45, 2.75) is 20.3 Å². The zero-order valence-electron chi connectivity index (χ0n) is 12.8. The van der Waals surface area contributed by atoms with E-state index in [-0.39, 0.29) is 5.56 Å². The number of rotatable bonds is 5. The maximum Gasteiger partial charge on any atom is 0.251 e. The Bertz CT molecular complexity index is 677. The minimum atomic E-state index is -0.148. The van der Waals surface area contributed by atoms with Gasteiger partial charge in [-0.1, -0.05) is 13.8 Å². The lowest BCUT2D eigenvalue weighted by molar-refractivity contribution is 0.355. The molecule has 1 aromatic carbocycles. The van der Waals surface area contributed by atoms with Crippen LogP contribution in [-0.2, 0) is 6.42 Å². The SMILES string of the molecule is COc1ccc(-c2nc(CC(C)C)cc(=O)[nH]2)cc1OC. The van der Waals surface area contributed by atoms with Crippen LogP contribution in [0.1, 0.15) is 19.5 Å². The average molecular weight is 288 g/mol. The third kappa shape index (κ3) is 3.62. The molecule has 1 aromatic heterocycles. The van der Waals surface area contributed by atoms with Crippen molar-refractivity contribution in [2.75, 3.05) is 14.2 Å². The average Bonchev–Trinajstić information content (AvgIpc) is 2.45. The van der Waals surface area contributed by atoms with Crippen LogP contribution in [0.3, 0.4) is 0 Å². The highest BCUT2D eigenvalue weighted by molar-refractivity contribution is 5.61. The van der Waals surface area contributed by atoms with Crippen LogP contribution in [0.5, 0.6) is 11.5 Å². The quantitative estimate of drug-likeness (QED) is 0.918. The van der Waals surface area contributed by atoms with Crippen LogP contribution < -0.4 is 15.0 Å². The molecule has 1 heterocycles. The highest BCUT2D eigenvalue weighted by Crippen LogP contribution is 2.30. The van der Waals surface area contributed by atoms with Crippen molar-refractivity contribution < 1.29 is 9.47 Å². The molecule has 112 valence electrons. The molecule has 5 nitrogen and oxygen atoms in total. The summed E-state index contributed by atoms with van der Waals surface area (Å²) in [6, 6.07) is 6.99. The molecule has 0 fully saturated rings. The number of nitrogens with one attached hydrogen (secondary N) is 1. The molecular formula is C16H20N2O3. The van der Waals surface area contributed by atoms with E-state index in [1.54, 1.807) is 32.4 Å². The van der Waals surface area contributed by atoms with Gasteiger partial charge >= 0.3 is 0 Å². The Hall–Kier alpha value is -2.30. The first-order valence-corrected chi connectivity index (χ1v) is 6.86. The van der Waals surface area contributed by atoms with Crippen LogP contribution >= 0.6 is 0 Å². The van der Waals surface area contributed by atoms with Crippen molar-refractivity contribution in [3.8, 4) is 22.9 Å². The summed E-state index contributed by atoms with van der Waals surface area (Å²) < 4.78 is 10.5. The van der Waals surface area contributed by atoms with Crippen molar-refractivity contribution in [1.29, 1.82) is 0 Å². The summed E-state index contributed by atoms with van der Waals surface area (Å²) in [4.78, 5) is 19.1. The fourth-order valence-corrected chi connectivity index (χ4v) is 2.15. The zero-order chi connectivity index (χ0) is 15.4. The van der Waals surface area contributed by atoms with Crippen LogP contribution in [0.25, 0.3) is 11.4 Å². The number of methoxy groups -OCH3 is 2. The molecule has 5 heteroatoms. The summed E-state index contributed by atoms with van der Waals surface area (Å²) in [5.41, 5.74) is 1.43. The Morgan fingerprint density at radius 1 is 1.14 bits per heavy atom. The first kappa shape index (κ1) is 15.1. The summed E-state index contributed by atoms with van der Waals surface area (Å²) in [6.07, 6.45) is 0.768. The molecule has 2 aromatic rings. The zero-order valence-corrected chi connectivity index (χ0v) is 12.8. The van der Waals surface area contributed by atoms with Crippen LogP contribution in [-0.4, -0.2) is 24.2 Å². The van der Waals surface area contributed by atoms with Crippen molar-refractivity contribution in [3.63, 3.8) is 0 Å². The Labute approximate surface area is 124 Å². The summed E-state index contributed by atoms with van der Waals surface area (Å²) >= 11 is 0. The number of hydrogen-bond donors (Lipinski definition) is 1. The van der Waals surface area contributed by atoms with Gasteiger partial charge in [-0.25, -0.2) is 4.98 Å². The van der Waals surface area contributed by atoms with Crippen LogP contribution in [0, 0.1) is 5.92 Å². The summed E-state index contributed by atoms with van der Waals surface area (Å²) in [5, 5.41) is 0. The molecule has 0 saturated heterocycles. The van der Waals surface area contributed by atoms with E-state index in [0.717, 1.165) is 17.7 Å². The van der Waals surface area contributed by atoms with E-state index in [2.05, 4.69) is 23.8 Å². The van der Waals surface area contributed by atoms with Gasteiger partial charge < -0.3 is 14.5 Å². The van der Waals surface area contributed by atoms with Crippen molar-refractivity contribution in [2.24, 2.45) is 5.92 Å². The molecule has 1 N–H and O–H groups in total. The number of aromatic nitrogens is 2. The topological polar surface area (TPSA) is 64.2 Å². The summed E-state index contributed by atoms with van der Waals surface area (Å²) in [7, 11) is 3.16. The molecule has 0 aliphatic heterocycles. The highest BCUT2D eigenvalue weighted by Gasteiger charge is 2.10. The van der Waals surface area contributed by atoms with E-state index in [9.17, 15) is 4.79 Å². The van der Waals surface area contributed by atoms with Gasteiger partial charge in [-0.15, -0.1) is 0 Å². The van der Waals surface area contributed by atoms with Crippen LogP contribution in [0.2, 0.25) is 0 Å². The molecule has 0 atom stereocenters. The number of nitrogens with zero attached hydrogens (tertiary/aromatic N) is 1. The molecule has 0 saturated carbocycles. The lowest BCUT2D eigenvalue weighted by Crippen LogP contribution is -2.11. The number of hydrogen-bond acceptors (Lipinski definition) is 4. The summed E-state index contributed by atoms with van der Waals surface area (Å²) in [5.74, 6) is 2.23. The molecule has 0 bridgehead atoms. The molecular weight excluding hydrogens is 268 g/mol. The monoisotopic (exact) mass is 288 g/mol. The van der Waals surface area contributed by atoms with Gasteiger partial charge in [0.25, 0.3) is 5.56 Å². The number of benzene rings is 1. The second kappa shape index (κ2) is 6.43. The van der Waals surface area contributed by atoms with E-state index in [1.165, 1.54) is 0 Å². The standard InChI is InChI=1S/C16H20N2O3/c1-10(2)7-12-9-15(19)18-16(17-12)11-5-6-13(20-3)14(8-11)21-4/h5-6,8-10H,7H2,1-4H3,(H,17,18,19). The van der Waals surface area contributed by atoms with Gasteiger partial charge in [-0.3, -0.25) is 4.79 Å². The number of H-pyrrole nitrogens is 1. The third-order valence-electron chi connectivity index (χ3n) is 3.07. The van der Waals surface area contributed by atoms with Gasteiger partial charge in [0, 0.05) is 17.3 Å². The lowest BCUT2D eigenvalue weighted by atomic mass is 10.1. The Morgan fingerprint density at radius 2 is 1.86 bits per heavy atom. The minimum absolute atomic E-state index is 0.148. The maximum absolute atomic E-state index is 11.8. The molecule has 21 heavy (non-hydrogen) atoms. The summed E-state index contributed by atoms with van der Waals surface area (Å²) in [6.45, 7) is 4.19. The second-order valence-electron chi connectivity index (χ2n) is 5.25. The van der Waals surface area contributed by atoms with Crippen molar-refractivity contribution in [3.05, 3.63) is 40.3 Å². The maximum atomic E-state index is 11.8. The number of aromatic amines is 1. The van der Waals surface area contributed by atoms with E-state index < -0.39 is 0 Å². The number of ether oxygens (including phenoxy) is 2. The fraction of sp³-hybridized carbons (Fsp3) is 0.375. The molecule has 2 rings (SSSR count). The normalized spacial score (nSPS) is 10.7. The van der Waals surface area contributed by atoms with E-state index in [0.29, 0.717) is 23.2 Å². The smallest absolute Gasteiger partial charge is 0.251 e. The molecule has 0 unspecified atom stereocenters. The highest BCUT2D eigenvalue weighted by atomic mass is 16.5. The first-order valence-electron chi connectivity index (χ1n) is 6.86. The largest absolute Gasteiger partial charge is 0.493 e. The third-order valence-corrected chi connectivity index (χ3v) is 3.07. The first-order chi connectivity index (χ1) is 10.0. The van der Waals surface area contributed by atoms with Crippen molar-refractivity contribution >= 4 is 0 Å². The molecule has 0 aliphatic rings. The van der Waals surface area contributed by atoms with Gasteiger partial charge in [-0.05, 0) is 30.5 Å². The minimum Gasteiger partial charge on any atom is -0.493 e. The van der Waals surface area contributed by atoms with E-state index >= 15 is 0 Å². The van der Waals surface area contributed by atoms with Gasteiger partial charge in [0.2, 0.25) is 0 Å². The molecule has 0 amide bonds. The fourth-order valence-electron chi connectivity index (χ4n) is 2.15.